The van der Waals surface area contributed by atoms with Gasteiger partial charge < -0.3 is 20.4 Å². The lowest BCUT2D eigenvalue weighted by Gasteiger charge is -2.10. The summed E-state index contributed by atoms with van der Waals surface area (Å²) in [5.74, 6) is -0.676. The molecule has 5 nitrogen and oxygen atoms in total. The van der Waals surface area contributed by atoms with E-state index in [-0.39, 0.29) is 6.29 Å². The Balaban J connectivity index is 4.03. The Kier molecular flexibility index (Phi) is 4.44. The Labute approximate surface area is 63.2 Å². The molecule has 0 aliphatic rings. The first-order valence-corrected chi connectivity index (χ1v) is 2.94. The molecule has 11 heavy (non-hydrogen) atoms. The number of allylic oxidation sites excluding steroid dienone is 1. The van der Waals surface area contributed by atoms with E-state index in [1.165, 1.54) is 0 Å². The largest absolute Gasteiger partial charge is 0.505 e. The lowest BCUT2D eigenvalue weighted by atomic mass is 10.2. The van der Waals surface area contributed by atoms with Gasteiger partial charge in [-0.2, -0.15) is 0 Å². The van der Waals surface area contributed by atoms with Crippen molar-refractivity contribution >= 4 is 6.29 Å². The minimum absolute atomic E-state index is 0.118. The molecule has 0 rings (SSSR count). The summed E-state index contributed by atoms with van der Waals surface area (Å²) in [6.07, 6.45) is -1.94. The van der Waals surface area contributed by atoms with Crippen molar-refractivity contribution in [1.29, 1.82) is 0 Å². The van der Waals surface area contributed by atoms with E-state index in [9.17, 15) is 4.79 Å². The molecule has 0 saturated carbocycles. The molecule has 4 N–H and O–H groups in total. The predicted octanol–water partition coefficient (Wildman–Crippen LogP) is -1.66. The average Bonchev–Trinajstić information content (AvgIpc) is 2.02. The zero-order valence-corrected chi connectivity index (χ0v) is 5.71. The van der Waals surface area contributed by atoms with Gasteiger partial charge in [0, 0.05) is 0 Å². The highest BCUT2D eigenvalue weighted by atomic mass is 16.4. The third kappa shape index (κ3) is 3.72. The molecule has 0 amide bonds. The van der Waals surface area contributed by atoms with Crippen LogP contribution in [0.1, 0.15) is 0 Å². The molecule has 0 unspecified atom stereocenters. The standard InChI is InChI=1S/C6H10O5/c7-2-4(9)1-5(10)6(11)3-8/h1-2,5-6,8-11H,3H2/b4-1+/t5-,6+/m0/s1. The van der Waals surface area contributed by atoms with E-state index < -0.39 is 24.6 Å². The third-order valence-corrected chi connectivity index (χ3v) is 1.04. The van der Waals surface area contributed by atoms with E-state index in [4.69, 9.17) is 20.4 Å². The van der Waals surface area contributed by atoms with Gasteiger partial charge in [-0.1, -0.05) is 0 Å². The first-order chi connectivity index (χ1) is 5.11. The highest BCUT2D eigenvalue weighted by Crippen LogP contribution is 1.96. The van der Waals surface area contributed by atoms with Gasteiger partial charge in [0.05, 0.1) is 6.61 Å². The second-order valence-corrected chi connectivity index (χ2v) is 1.95. The topological polar surface area (TPSA) is 98.0 Å². The molecule has 0 spiro atoms. The molecule has 0 bridgehead atoms. The lowest BCUT2D eigenvalue weighted by molar-refractivity contribution is -0.107. The van der Waals surface area contributed by atoms with Crippen molar-refractivity contribution < 1.29 is 25.2 Å². The highest BCUT2D eigenvalue weighted by Gasteiger charge is 2.12. The normalized spacial score (nSPS) is 17.5. The van der Waals surface area contributed by atoms with E-state index in [0.29, 0.717) is 0 Å². The van der Waals surface area contributed by atoms with Crippen molar-refractivity contribution in [2.75, 3.05) is 6.61 Å². The van der Waals surface area contributed by atoms with Crippen LogP contribution in [-0.2, 0) is 4.79 Å². The van der Waals surface area contributed by atoms with Crippen LogP contribution in [0.25, 0.3) is 0 Å². The Hall–Kier alpha value is -0.910. The summed E-state index contributed by atoms with van der Waals surface area (Å²) >= 11 is 0. The van der Waals surface area contributed by atoms with Crippen molar-refractivity contribution in [2.24, 2.45) is 0 Å². The maximum atomic E-state index is 9.78. The Bertz CT molecular complexity index is 153. The van der Waals surface area contributed by atoms with E-state index >= 15 is 0 Å². The molecular weight excluding hydrogens is 152 g/mol. The number of hydrogen-bond donors (Lipinski definition) is 4. The fourth-order valence-corrected chi connectivity index (χ4v) is 0.433. The van der Waals surface area contributed by atoms with Crippen LogP contribution < -0.4 is 0 Å². The first-order valence-electron chi connectivity index (χ1n) is 2.94. The van der Waals surface area contributed by atoms with Gasteiger partial charge in [0.2, 0.25) is 0 Å². The van der Waals surface area contributed by atoms with Crippen molar-refractivity contribution in [3.05, 3.63) is 11.8 Å². The average molecular weight is 162 g/mol. The SMILES string of the molecule is O=C/C(O)=C\[C@H](O)[C@H](O)CO. The van der Waals surface area contributed by atoms with Crippen molar-refractivity contribution in [3.63, 3.8) is 0 Å². The van der Waals surface area contributed by atoms with Gasteiger partial charge in [-0.25, -0.2) is 0 Å². The van der Waals surface area contributed by atoms with Gasteiger partial charge in [0.25, 0.3) is 0 Å². The molecule has 64 valence electrons. The van der Waals surface area contributed by atoms with Gasteiger partial charge in [-0.3, -0.25) is 4.79 Å². The summed E-state index contributed by atoms with van der Waals surface area (Å²) in [7, 11) is 0. The smallest absolute Gasteiger partial charge is 0.184 e. The number of hydrogen-bond acceptors (Lipinski definition) is 5. The number of aliphatic hydroxyl groups is 4. The quantitative estimate of drug-likeness (QED) is 0.225. The molecule has 0 aromatic heterocycles. The van der Waals surface area contributed by atoms with Crippen LogP contribution in [0.15, 0.2) is 11.8 Å². The van der Waals surface area contributed by atoms with Crippen LogP contribution in [0.3, 0.4) is 0 Å². The fraction of sp³-hybridized carbons (Fsp3) is 0.500. The monoisotopic (exact) mass is 162 g/mol. The molecular formula is C6H10O5. The number of carbonyl (C=O) groups excluding carboxylic acids is 1. The van der Waals surface area contributed by atoms with Crippen LogP contribution in [0.5, 0.6) is 0 Å². The van der Waals surface area contributed by atoms with E-state index in [2.05, 4.69) is 0 Å². The maximum Gasteiger partial charge on any atom is 0.184 e. The Morgan fingerprint density at radius 1 is 1.45 bits per heavy atom. The minimum atomic E-state index is -1.43. The molecule has 0 fully saturated rings. The van der Waals surface area contributed by atoms with Crippen LogP contribution >= 0.6 is 0 Å². The summed E-state index contributed by atoms with van der Waals surface area (Å²) in [5.41, 5.74) is 0. The van der Waals surface area contributed by atoms with Crippen molar-refractivity contribution in [3.8, 4) is 0 Å². The second kappa shape index (κ2) is 4.84. The van der Waals surface area contributed by atoms with Crippen LogP contribution in [0.4, 0.5) is 0 Å². The predicted molar refractivity (Wildman–Crippen MR) is 35.9 cm³/mol. The molecule has 0 aliphatic heterocycles. The Morgan fingerprint density at radius 2 is 2.00 bits per heavy atom. The van der Waals surface area contributed by atoms with Gasteiger partial charge in [0.15, 0.2) is 12.0 Å². The van der Waals surface area contributed by atoms with Gasteiger partial charge in [-0.15, -0.1) is 0 Å². The second-order valence-electron chi connectivity index (χ2n) is 1.95. The van der Waals surface area contributed by atoms with E-state index in [0.717, 1.165) is 6.08 Å². The highest BCUT2D eigenvalue weighted by molar-refractivity contribution is 5.69. The number of carbonyl (C=O) groups is 1. The summed E-state index contributed by atoms with van der Waals surface area (Å²) in [5, 5.41) is 34.3. The summed E-state index contributed by atoms with van der Waals surface area (Å²) in [6.45, 7) is -0.635. The summed E-state index contributed by atoms with van der Waals surface area (Å²) in [4.78, 5) is 9.78. The van der Waals surface area contributed by atoms with Gasteiger partial charge in [-0.05, 0) is 6.08 Å². The fourth-order valence-electron chi connectivity index (χ4n) is 0.433. The zero-order valence-electron chi connectivity index (χ0n) is 5.71. The lowest BCUT2D eigenvalue weighted by Crippen LogP contribution is -2.27. The molecule has 0 aromatic rings. The Morgan fingerprint density at radius 3 is 2.36 bits per heavy atom. The summed E-state index contributed by atoms with van der Waals surface area (Å²) < 4.78 is 0. The van der Waals surface area contributed by atoms with Gasteiger partial charge in [0.1, 0.15) is 12.2 Å². The number of rotatable bonds is 4. The molecule has 0 radical (unpaired) electrons. The molecule has 0 aromatic carbocycles. The van der Waals surface area contributed by atoms with Crippen LogP contribution in [0, 0.1) is 0 Å². The molecule has 5 heteroatoms. The van der Waals surface area contributed by atoms with E-state index in [1.807, 2.05) is 0 Å². The van der Waals surface area contributed by atoms with Crippen molar-refractivity contribution in [2.45, 2.75) is 12.2 Å². The van der Waals surface area contributed by atoms with Crippen molar-refractivity contribution in [1.82, 2.24) is 0 Å². The third-order valence-electron chi connectivity index (χ3n) is 1.04. The number of aldehydes is 1. The maximum absolute atomic E-state index is 9.78. The zero-order chi connectivity index (χ0) is 8.85. The molecule has 0 aliphatic carbocycles. The van der Waals surface area contributed by atoms with Gasteiger partial charge >= 0.3 is 0 Å². The molecule has 2 atom stereocenters. The van der Waals surface area contributed by atoms with E-state index in [1.54, 1.807) is 0 Å². The van der Waals surface area contributed by atoms with Crippen LogP contribution in [0.2, 0.25) is 0 Å². The van der Waals surface area contributed by atoms with Crippen LogP contribution in [-0.4, -0.2) is 45.5 Å². The molecule has 0 saturated heterocycles. The minimum Gasteiger partial charge on any atom is -0.505 e. The molecule has 0 heterocycles. The summed E-state index contributed by atoms with van der Waals surface area (Å²) in [6, 6.07) is 0. The number of aliphatic hydroxyl groups excluding tert-OH is 4. The first kappa shape index (κ1) is 10.1.